The molecule has 7 heteroatoms. The lowest BCUT2D eigenvalue weighted by molar-refractivity contribution is -0.121. The molecule has 0 aromatic heterocycles. The van der Waals surface area contributed by atoms with Crippen molar-refractivity contribution in [3.8, 4) is 0 Å². The summed E-state index contributed by atoms with van der Waals surface area (Å²) in [5, 5.41) is 3.00. The van der Waals surface area contributed by atoms with Gasteiger partial charge in [-0.3, -0.25) is 4.79 Å². The quantitative estimate of drug-likeness (QED) is 0.406. The molecule has 3 rings (SSSR count). The third-order valence-corrected chi connectivity index (χ3v) is 7.34. The molecule has 32 heavy (non-hydrogen) atoms. The summed E-state index contributed by atoms with van der Waals surface area (Å²) in [4.78, 5) is 12.5. The van der Waals surface area contributed by atoms with Gasteiger partial charge >= 0.3 is 0 Å². The molecule has 1 amide bonds. The van der Waals surface area contributed by atoms with E-state index in [1.807, 2.05) is 68.4 Å². The molecule has 0 heterocycles. The number of aryl methyl sites for hydroxylation is 1. The highest BCUT2D eigenvalue weighted by atomic mass is 79.9. The van der Waals surface area contributed by atoms with E-state index in [4.69, 9.17) is 0 Å². The van der Waals surface area contributed by atoms with Crippen LogP contribution in [0, 0.1) is 0 Å². The molecule has 168 valence electrons. The van der Waals surface area contributed by atoms with Crippen molar-refractivity contribution in [2.24, 2.45) is 0 Å². The fourth-order valence-corrected chi connectivity index (χ4v) is 4.85. The Balaban J connectivity index is 1.53. The minimum atomic E-state index is -3.64. The molecule has 0 aliphatic rings. The van der Waals surface area contributed by atoms with Gasteiger partial charge in [0.15, 0.2) is 0 Å². The van der Waals surface area contributed by atoms with Gasteiger partial charge in [-0.15, -0.1) is 0 Å². The van der Waals surface area contributed by atoms with Crippen LogP contribution in [0.5, 0.6) is 0 Å². The van der Waals surface area contributed by atoms with E-state index in [1.54, 1.807) is 24.3 Å². The normalized spacial score (nSPS) is 13.3. The zero-order valence-corrected chi connectivity index (χ0v) is 20.5. The summed E-state index contributed by atoms with van der Waals surface area (Å²) in [5.74, 6) is -0.0459. The maximum Gasteiger partial charge on any atom is 0.241 e. The summed E-state index contributed by atoms with van der Waals surface area (Å²) in [6.45, 7) is 3.76. The van der Waals surface area contributed by atoms with E-state index in [1.165, 1.54) is 0 Å². The first-order chi connectivity index (χ1) is 15.2. The van der Waals surface area contributed by atoms with Gasteiger partial charge in [-0.2, -0.15) is 0 Å². The molecule has 0 bridgehead atoms. The van der Waals surface area contributed by atoms with Gasteiger partial charge in [0.05, 0.1) is 10.9 Å². The lowest BCUT2D eigenvalue weighted by atomic mass is 10.1. The van der Waals surface area contributed by atoms with Crippen LogP contribution in [0.4, 0.5) is 0 Å². The highest BCUT2D eigenvalue weighted by Gasteiger charge is 2.18. The SMILES string of the molecule is C[C@H](NC(=O)CCc1ccc(S(=O)(=O)N[C@@H](C)c2ccccc2)cc1)c1ccc(Br)cc1. The first-order valence-corrected chi connectivity index (χ1v) is 12.7. The minimum absolute atomic E-state index is 0.0459. The first-order valence-electron chi connectivity index (χ1n) is 10.5. The lowest BCUT2D eigenvalue weighted by Gasteiger charge is -2.15. The summed E-state index contributed by atoms with van der Waals surface area (Å²) in [7, 11) is -3.64. The van der Waals surface area contributed by atoms with Gasteiger partial charge in [0.25, 0.3) is 0 Å². The monoisotopic (exact) mass is 514 g/mol. The van der Waals surface area contributed by atoms with Crippen molar-refractivity contribution in [1.29, 1.82) is 0 Å². The molecule has 3 aromatic carbocycles. The average molecular weight is 515 g/mol. The van der Waals surface area contributed by atoms with E-state index >= 15 is 0 Å². The zero-order valence-electron chi connectivity index (χ0n) is 18.1. The average Bonchev–Trinajstić information content (AvgIpc) is 2.78. The number of halogens is 1. The van der Waals surface area contributed by atoms with Crippen LogP contribution in [0.3, 0.4) is 0 Å². The molecule has 0 radical (unpaired) electrons. The Bertz CT molecular complexity index is 1130. The largest absolute Gasteiger partial charge is 0.350 e. The van der Waals surface area contributed by atoms with E-state index in [-0.39, 0.29) is 22.9 Å². The van der Waals surface area contributed by atoms with Gasteiger partial charge in [-0.25, -0.2) is 13.1 Å². The Morgan fingerprint density at radius 2 is 1.44 bits per heavy atom. The Morgan fingerprint density at radius 1 is 0.844 bits per heavy atom. The molecule has 5 nitrogen and oxygen atoms in total. The predicted molar refractivity (Wildman–Crippen MR) is 131 cm³/mol. The van der Waals surface area contributed by atoms with Crippen LogP contribution >= 0.6 is 15.9 Å². The molecule has 0 fully saturated rings. The maximum atomic E-state index is 12.7. The Morgan fingerprint density at radius 3 is 2.06 bits per heavy atom. The summed E-state index contributed by atoms with van der Waals surface area (Å²) in [6.07, 6.45) is 0.864. The van der Waals surface area contributed by atoms with Crippen molar-refractivity contribution in [2.75, 3.05) is 0 Å². The van der Waals surface area contributed by atoms with Gasteiger partial charge < -0.3 is 5.32 Å². The standard InChI is InChI=1S/C25H27BrN2O3S/c1-18(22-11-13-23(26)14-12-22)27-25(29)17-10-20-8-15-24(16-9-20)32(30,31)28-19(2)21-6-4-3-5-7-21/h3-9,11-16,18-19,28H,10,17H2,1-2H3,(H,27,29)/t18-,19-/m0/s1. The summed E-state index contributed by atoms with van der Waals surface area (Å²) >= 11 is 3.41. The van der Waals surface area contributed by atoms with Crippen molar-refractivity contribution in [3.63, 3.8) is 0 Å². The second-order valence-electron chi connectivity index (χ2n) is 7.74. The molecule has 2 N–H and O–H groups in total. The number of carbonyl (C=O) groups excluding carboxylic acids is 1. The van der Waals surface area contributed by atoms with Crippen LogP contribution in [-0.2, 0) is 21.2 Å². The molecule has 2 atom stereocenters. The molecule has 3 aromatic rings. The zero-order chi connectivity index (χ0) is 23.1. The fourth-order valence-electron chi connectivity index (χ4n) is 3.35. The van der Waals surface area contributed by atoms with E-state index in [2.05, 4.69) is 26.0 Å². The van der Waals surface area contributed by atoms with Crippen LogP contribution in [0.2, 0.25) is 0 Å². The number of rotatable bonds is 9. The number of benzene rings is 3. The number of amides is 1. The van der Waals surface area contributed by atoms with Gasteiger partial charge in [-0.05, 0) is 61.2 Å². The van der Waals surface area contributed by atoms with Crippen LogP contribution < -0.4 is 10.0 Å². The van der Waals surface area contributed by atoms with Crippen LogP contribution in [0.1, 0.15) is 49.0 Å². The summed E-state index contributed by atoms with van der Waals surface area (Å²) in [6, 6.07) is 23.5. The molecule has 0 saturated heterocycles. The van der Waals surface area contributed by atoms with Crippen molar-refractivity contribution < 1.29 is 13.2 Å². The van der Waals surface area contributed by atoms with Crippen LogP contribution in [-0.4, -0.2) is 14.3 Å². The molecule has 0 unspecified atom stereocenters. The molecular formula is C25H27BrN2O3S. The molecule has 0 aliphatic heterocycles. The highest BCUT2D eigenvalue weighted by Crippen LogP contribution is 2.19. The molecular weight excluding hydrogens is 488 g/mol. The fraction of sp³-hybridized carbons (Fsp3) is 0.240. The van der Waals surface area contributed by atoms with Crippen molar-refractivity contribution >= 4 is 31.9 Å². The van der Waals surface area contributed by atoms with Gasteiger partial charge in [-0.1, -0.05) is 70.5 Å². The van der Waals surface area contributed by atoms with Crippen molar-refractivity contribution in [2.45, 2.75) is 43.7 Å². The Kier molecular flexibility index (Phi) is 8.23. The van der Waals surface area contributed by atoms with Crippen LogP contribution in [0.15, 0.2) is 88.2 Å². The molecule has 0 aliphatic carbocycles. The molecule has 0 saturated carbocycles. The van der Waals surface area contributed by atoms with Gasteiger partial charge in [0.2, 0.25) is 15.9 Å². The number of hydrogen-bond donors (Lipinski definition) is 2. The second kappa shape index (κ2) is 10.9. The van der Waals surface area contributed by atoms with Gasteiger partial charge in [0, 0.05) is 16.9 Å². The summed E-state index contributed by atoms with van der Waals surface area (Å²) < 4.78 is 29.1. The Hall–Kier alpha value is -2.48. The van der Waals surface area contributed by atoms with Crippen LogP contribution in [0.25, 0.3) is 0 Å². The van der Waals surface area contributed by atoms with E-state index < -0.39 is 10.0 Å². The van der Waals surface area contributed by atoms with E-state index in [9.17, 15) is 13.2 Å². The predicted octanol–water partition coefficient (Wildman–Crippen LogP) is 5.30. The van der Waals surface area contributed by atoms with Crippen molar-refractivity contribution in [3.05, 3.63) is 100 Å². The first kappa shape index (κ1) is 24.2. The minimum Gasteiger partial charge on any atom is -0.350 e. The number of hydrogen-bond acceptors (Lipinski definition) is 3. The topological polar surface area (TPSA) is 75.3 Å². The van der Waals surface area contributed by atoms with E-state index in [0.717, 1.165) is 21.2 Å². The van der Waals surface area contributed by atoms with Crippen molar-refractivity contribution in [1.82, 2.24) is 10.0 Å². The number of carbonyl (C=O) groups is 1. The lowest BCUT2D eigenvalue weighted by Crippen LogP contribution is -2.27. The third kappa shape index (κ3) is 6.76. The second-order valence-corrected chi connectivity index (χ2v) is 10.4. The van der Waals surface area contributed by atoms with E-state index in [0.29, 0.717) is 12.8 Å². The van der Waals surface area contributed by atoms with Gasteiger partial charge in [0.1, 0.15) is 0 Å². The maximum absolute atomic E-state index is 12.7. The highest BCUT2D eigenvalue weighted by molar-refractivity contribution is 9.10. The third-order valence-electron chi connectivity index (χ3n) is 5.25. The summed E-state index contributed by atoms with van der Waals surface area (Å²) in [5.41, 5.74) is 2.84. The Labute approximate surface area is 198 Å². The molecule has 0 spiro atoms. The number of sulfonamides is 1. The smallest absolute Gasteiger partial charge is 0.241 e. The number of nitrogens with one attached hydrogen (secondary N) is 2.